The van der Waals surface area contributed by atoms with Crippen molar-refractivity contribution in [2.75, 3.05) is 12.8 Å². The highest BCUT2D eigenvalue weighted by Gasteiger charge is 2.23. The zero-order valence-corrected chi connectivity index (χ0v) is 12.2. The molecule has 0 aliphatic carbocycles. The first-order chi connectivity index (χ1) is 8.83. The highest BCUT2D eigenvalue weighted by Crippen LogP contribution is 2.10. The molecule has 106 valence electrons. The van der Waals surface area contributed by atoms with E-state index in [1.807, 2.05) is 30.3 Å². The van der Waals surface area contributed by atoms with Crippen LogP contribution in [0.1, 0.15) is 18.9 Å². The molecular weight excluding hydrogens is 262 g/mol. The van der Waals surface area contributed by atoms with E-state index in [9.17, 15) is 8.42 Å². The summed E-state index contributed by atoms with van der Waals surface area (Å²) in [6, 6.07) is 9.22. The summed E-state index contributed by atoms with van der Waals surface area (Å²) in [5.41, 5.74) is 6.30. The fourth-order valence-electron chi connectivity index (χ4n) is 1.76. The van der Waals surface area contributed by atoms with Crippen molar-refractivity contribution in [1.82, 2.24) is 4.31 Å². The predicted octanol–water partition coefficient (Wildman–Crippen LogP) is 1.21. The molecular formula is C13H21N3O2S. The van der Waals surface area contributed by atoms with Crippen LogP contribution in [0, 0.1) is 5.41 Å². The summed E-state index contributed by atoms with van der Waals surface area (Å²) in [6.45, 7) is 1.75. The van der Waals surface area contributed by atoms with Crippen LogP contribution in [0.25, 0.3) is 0 Å². The Morgan fingerprint density at radius 2 is 1.95 bits per heavy atom. The average Bonchev–Trinajstić information content (AvgIpc) is 2.36. The Balaban J connectivity index is 2.63. The number of rotatable bonds is 7. The van der Waals surface area contributed by atoms with Crippen LogP contribution in [0.3, 0.4) is 0 Å². The topological polar surface area (TPSA) is 87.2 Å². The molecule has 0 bridgehead atoms. The summed E-state index contributed by atoms with van der Waals surface area (Å²) in [4.78, 5) is 0. The highest BCUT2D eigenvalue weighted by molar-refractivity contribution is 7.89. The van der Waals surface area contributed by atoms with Gasteiger partial charge in [0.05, 0.1) is 11.6 Å². The van der Waals surface area contributed by atoms with Crippen molar-refractivity contribution in [3.63, 3.8) is 0 Å². The number of benzene rings is 1. The minimum absolute atomic E-state index is 0.00221. The number of sulfonamides is 1. The van der Waals surface area contributed by atoms with Crippen LogP contribution < -0.4 is 5.73 Å². The van der Waals surface area contributed by atoms with Gasteiger partial charge in [0.1, 0.15) is 0 Å². The molecule has 3 N–H and O–H groups in total. The molecule has 1 unspecified atom stereocenters. The van der Waals surface area contributed by atoms with Gasteiger partial charge in [0, 0.05) is 19.5 Å². The van der Waals surface area contributed by atoms with Gasteiger partial charge in [-0.25, -0.2) is 12.7 Å². The molecule has 0 aromatic heterocycles. The molecule has 0 aliphatic heterocycles. The van der Waals surface area contributed by atoms with Crippen LogP contribution in [0.5, 0.6) is 0 Å². The molecule has 1 aromatic rings. The predicted molar refractivity (Wildman–Crippen MR) is 77.7 cm³/mol. The van der Waals surface area contributed by atoms with Crippen LogP contribution in [-0.4, -0.2) is 37.4 Å². The van der Waals surface area contributed by atoms with Gasteiger partial charge >= 0.3 is 0 Å². The maximum Gasteiger partial charge on any atom is 0.214 e. The first kappa shape index (κ1) is 15.7. The fourth-order valence-corrected chi connectivity index (χ4v) is 3.16. The van der Waals surface area contributed by atoms with E-state index in [4.69, 9.17) is 11.1 Å². The lowest BCUT2D eigenvalue weighted by Crippen LogP contribution is -2.39. The zero-order chi connectivity index (χ0) is 14.5. The summed E-state index contributed by atoms with van der Waals surface area (Å²) >= 11 is 0. The summed E-state index contributed by atoms with van der Waals surface area (Å²) in [5, 5.41) is 7.22. The number of nitrogens with zero attached hydrogens (tertiary/aromatic N) is 1. The van der Waals surface area contributed by atoms with E-state index in [1.54, 1.807) is 6.92 Å². The smallest absolute Gasteiger partial charge is 0.214 e. The molecule has 1 rings (SSSR count). The van der Waals surface area contributed by atoms with E-state index in [0.29, 0.717) is 6.42 Å². The van der Waals surface area contributed by atoms with Gasteiger partial charge in [-0.05, 0) is 18.9 Å². The van der Waals surface area contributed by atoms with E-state index < -0.39 is 10.0 Å². The first-order valence-corrected chi connectivity index (χ1v) is 7.76. The van der Waals surface area contributed by atoms with Gasteiger partial charge < -0.3 is 5.73 Å². The van der Waals surface area contributed by atoms with Crippen LogP contribution in [-0.2, 0) is 16.4 Å². The van der Waals surface area contributed by atoms with E-state index in [2.05, 4.69) is 0 Å². The molecule has 0 aliphatic rings. The Morgan fingerprint density at radius 3 is 2.47 bits per heavy atom. The second-order valence-electron chi connectivity index (χ2n) is 4.65. The minimum atomic E-state index is -3.32. The molecule has 19 heavy (non-hydrogen) atoms. The Bertz CT molecular complexity index is 514. The molecule has 0 saturated carbocycles. The molecule has 0 heterocycles. The number of hydrogen-bond donors (Lipinski definition) is 2. The van der Waals surface area contributed by atoms with E-state index in [0.717, 1.165) is 5.56 Å². The van der Waals surface area contributed by atoms with Gasteiger partial charge in [0.15, 0.2) is 0 Å². The van der Waals surface area contributed by atoms with Crippen molar-refractivity contribution in [3.05, 3.63) is 35.9 Å². The van der Waals surface area contributed by atoms with Crippen molar-refractivity contribution in [1.29, 1.82) is 5.41 Å². The summed E-state index contributed by atoms with van der Waals surface area (Å²) < 4.78 is 25.6. The maximum atomic E-state index is 12.1. The van der Waals surface area contributed by atoms with Gasteiger partial charge in [-0.15, -0.1) is 0 Å². The maximum absolute atomic E-state index is 12.1. The van der Waals surface area contributed by atoms with E-state index in [1.165, 1.54) is 11.4 Å². The van der Waals surface area contributed by atoms with Crippen LogP contribution >= 0.6 is 0 Å². The highest BCUT2D eigenvalue weighted by atomic mass is 32.2. The van der Waals surface area contributed by atoms with Crippen molar-refractivity contribution in [2.24, 2.45) is 5.73 Å². The molecule has 5 nitrogen and oxygen atoms in total. The molecule has 0 spiro atoms. The molecule has 0 fully saturated rings. The molecule has 6 heteroatoms. The van der Waals surface area contributed by atoms with Crippen LogP contribution in [0.4, 0.5) is 0 Å². The number of aryl methyl sites for hydroxylation is 1. The third-order valence-corrected chi connectivity index (χ3v) is 5.02. The minimum Gasteiger partial charge on any atom is -0.388 e. The Labute approximate surface area is 115 Å². The van der Waals surface area contributed by atoms with Gasteiger partial charge in [-0.3, -0.25) is 5.41 Å². The van der Waals surface area contributed by atoms with Gasteiger partial charge in [-0.1, -0.05) is 30.3 Å². The third kappa shape index (κ3) is 5.00. The van der Waals surface area contributed by atoms with E-state index >= 15 is 0 Å². The van der Waals surface area contributed by atoms with Gasteiger partial charge in [-0.2, -0.15) is 0 Å². The van der Waals surface area contributed by atoms with Crippen LogP contribution in [0.2, 0.25) is 0 Å². The quantitative estimate of drug-likeness (QED) is 0.582. The molecule has 0 radical (unpaired) electrons. The number of nitrogens with two attached hydrogens (primary N) is 1. The van der Waals surface area contributed by atoms with E-state index in [-0.39, 0.29) is 24.1 Å². The lowest BCUT2D eigenvalue weighted by molar-refractivity contribution is 0.395. The fraction of sp³-hybridized carbons (Fsp3) is 0.462. The standard InChI is InChI=1S/C13H21N3O2S/c1-11(10-13(14)15)16(2)19(17,18)9-8-12-6-4-3-5-7-12/h3-7,11H,8-10H2,1-2H3,(H3,14,15). The van der Waals surface area contributed by atoms with Crippen molar-refractivity contribution >= 4 is 15.9 Å². The molecule has 0 amide bonds. The van der Waals surface area contributed by atoms with Gasteiger partial charge in [0.2, 0.25) is 10.0 Å². The SMILES string of the molecule is CC(CC(=N)N)N(C)S(=O)(=O)CCc1ccccc1. The second-order valence-corrected chi connectivity index (χ2v) is 6.79. The number of hydrogen-bond acceptors (Lipinski definition) is 3. The van der Waals surface area contributed by atoms with Crippen molar-refractivity contribution < 1.29 is 8.42 Å². The number of nitrogens with one attached hydrogen (secondary N) is 1. The molecule has 1 aromatic carbocycles. The normalized spacial score (nSPS) is 13.4. The summed E-state index contributed by atoms with van der Waals surface area (Å²) in [5.74, 6) is 0.0630. The molecule has 0 saturated heterocycles. The Kier molecular flexibility index (Phi) is 5.50. The zero-order valence-electron chi connectivity index (χ0n) is 11.3. The monoisotopic (exact) mass is 283 g/mol. The Morgan fingerprint density at radius 1 is 1.37 bits per heavy atom. The Hall–Kier alpha value is -1.40. The lowest BCUT2D eigenvalue weighted by Gasteiger charge is -2.23. The second kappa shape index (κ2) is 6.68. The number of amidine groups is 1. The summed E-state index contributed by atoms with van der Waals surface area (Å²) in [7, 11) is -1.79. The van der Waals surface area contributed by atoms with Crippen LogP contribution in [0.15, 0.2) is 30.3 Å². The largest absolute Gasteiger partial charge is 0.388 e. The van der Waals surface area contributed by atoms with Crippen molar-refractivity contribution in [3.8, 4) is 0 Å². The van der Waals surface area contributed by atoms with Gasteiger partial charge in [0.25, 0.3) is 0 Å². The summed E-state index contributed by atoms with van der Waals surface area (Å²) in [6.07, 6.45) is 0.737. The van der Waals surface area contributed by atoms with Crippen molar-refractivity contribution in [2.45, 2.75) is 25.8 Å². The first-order valence-electron chi connectivity index (χ1n) is 6.15. The molecule has 1 atom stereocenters. The third-order valence-electron chi connectivity index (χ3n) is 3.07. The lowest BCUT2D eigenvalue weighted by atomic mass is 10.2. The average molecular weight is 283 g/mol.